The Labute approximate surface area is 141 Å². The van der Waals surface area contributed by atoms with Gasteiger partial charge in [0.25, 0.3) is 5.91 Å². The summed E-state index contributed by atoms with van der Waals surface area (Å²) in [5, 5.41) is 4.18. The van der Waals surface area contributed by atoms with Crippen LogP contribution >= 0.6 is 0 Å². The molecular weight excluding hydrogens is 308 g/mol. The summed E-state index contributed by atoms with van der Waals surface area (Å²) in [7, 11) is 1.67. The number of hydrogen-bond acceptors (Lipinski definition) is 5. The Morgan fingerprint density at radius 1 is 1.42 bits per heavy atom. The van der Waals surface area contributed by atoms with Crippen molar-refractivity contribution in [3.8, 4) is 5.75 Å². The maximum absolute atomic E-state index is 12.8. The minimum atomic E-state index is -0.0346. The number of carbonyl (C=O) groups excluding carboxylic acids is 1. The number of nitrogens with zero attached hydrogens (tertiary/aromatic N) is 4. The molecule has 0 unspecified atom stereocenters. The summed E-state index contributed by atoms with van der Waals surface area (Å²) < 4.78 is 13.0. The summed E-state index contributed by atoms with van der Waals surface area (Å²) in [4.78, 5) is 18.7. The molecule has 3 heterocycles. The summed E-state index contributed by atoms with van der Waals surface area (Å²) in [6.07, 6.45) is 7.54. The number of aryl methyl sites for hydroxylation is 1. The zero-order chi connectivity index (χ0) is 16.9. The van der Waals surface area contributed by atoms with E-state index in [9.17, 15) is 4.79 Å². The van der Waals surface area contributed by atoms with E-state index in [2.05, 4.69) is 10.1 Å². The number of amides is 1. The average Bonchev–Trinajstić information content (AvgIpc) is 3.27. The Hall–Kier alpha value is -2.41. The number of ether oxygens (including phenoxy) is 2. The van der Waals surface area contributed by atoms with Gasteiger partial charge in [0.05, 0.1) is 30.1 Å². The molecule has 1 fully saturated rings. The number of methoxy groups -OCH3 is 1. The van der Waals surface area contributed by atoms with Crippen LogP contribution < -0.4 is 4.74 Å². The van der Waals surface area contributed by atoms with Crippen LogP contribution in [0, 0.1) is 0 Å². The van der Waals surface area contributed by atoms with Gasteiger partial charge in [0.1, 0.15) is 12.4 Å². The van der Waals surface area contributed by atoms with Crippen LogP contribution in [0.3, 0.4) is 0 Å². The van der Waals surface area contributed by atoms with Crippen LogP contribution in [0.4, 0.5) is 0 Å². The average molecular weight is 330 g/mol. The standard InChI is InChI=1S/C17H22N4O3/c1-3-20-10-13(8-19-20)17(22)21-11-16(23-2)7-14(21)12-24-15-5-4-6-18-9-15/h4-6,8-10,14,16H,3,7,11-12H2,1-2H3/t14-,16-/m1/s1. The predicted octanol–water partition coefficient (Wildman–Crippen LogP) is 1.61. The molecule has 0 spiro atoms. The third kappa shape index (κ3) is 3.56. The number of likely N-dealkylation sites (tertiary alicyclic amines) is 1. The zero-order valence-corrected chi connectivity index (χ0v) is 14.0. The molecule has 1 aliphatic heterocycles. The minimum absolute atomic E-state index is 0.0256. The zero-order valence-electron chi connectivity index (χ0n) is 14.0. The lowest BCUT2D eigenvalue weighted by molar-refractivity contribution is 0.0658. The van der Waals surface area contributed by atoms with Gasteiger partial charge in [-0.05, 0) is 25.5 Å². The van der Waals surface area contributed by atoms with Crippen molar-refractivity contribution in [2.45, 2.75) is 32.0 Å². The molecular formula is C17H22N4O3. The highest BCUT2D eigenvalue weighted by molar-refractivity contribution is 5.94. The highest BCUT2D eigenvalue weighted by atomic mass is 16.5. The Morgan fingerprint density at radius 2 is 2.29 bits per heavy atom. The second-order valence-electron chi connectivity index (χ2n) is 5.79. The molecule has 7 heteroatoms. The molecule has 0 aromatic carbocycles. The first-order valence-corrected chi connectivity index (χ1v) is 8.10. The monoisotopic (exact) mass is 330 g/mol. The lowest BCUT2D eigenvalue weighted by atomic mass is 10.2. The lowest BCUT2D eigenvalue weighted by Crippen LogP contribution is -2.39. The van der Waals surface area contributed by atoms with Crippen LogP contribution in [0.15, 0.2) is 36.9 Å². The molecule has 0 bridgehead atoms. The molecule has 0 saturated carbocycles. The van der Waals surface area contributed by atoms with Gasteiger partial charge in [-0.1, -0.05) is 0 Å². The van der Waals surface area contributed by atoms with Crippen LogP contribution in [0.5, 0.6) is 5.75 Å². The van der Waals surface area contributed by atoms with Crippen LogP contribution in [-0.2, 0) is 11.3 Å². The van der Waals surface area contributed by atoms with Crippen molar-refractivity contribution < 1.29 is 14.3 Å². The van der Waals surface area contributed by atoms with Crippen molar-refractivity contribution in [3.63, 3.8) is 0 Å². The fraction of sp³-hybridized carbons (Fsp3) is 0.471. The second kappa shape index (κ2) is 7.44. The van der Waals surface area contributed by atoms with E-state index >= 15 is 0 Å². The smallest absolute Gasteiger partial charge is 0.257 e. The lowest BCUT2D eigenvalue weighted by Gasteiger charge is -2.24. The molecule has 3 rings (SSSR count). The van der Waals surface area contributed by atoms with Gasteiger partial charge in [-0.15, -0.1) is 0 Å². The van der Waals surface area contributed by atoms with Gasteiger partial charge >= 0.3 is 0 Å². The van der Waals surface area contributed by atoms with E-state index in [0.717, 1.165) is 13.0 Å². The number of pyridine rings is 1. The molecule has 2 aromatic rings. The number of rotatable bonds is 6. The number of aromatic nitrogens is 3. The first kappa shape index (κ1) is 16.4. The Bertz CT molecular complexity index is 673. The van der Waals surface area contributed by atoms with Gasteiger partial charge in [-0.3, -0.25) is 14.5 Å². The largest absolute Gasteiger partial charge is 0.490 e. The Morgan fingerprint density at radius 3 is 2.96 bits per heavy atom. The summed E-state index contributed by atoms with van der Waals surface area (Å²) in [5.74, 6) is 0.665. The maximum Gasteiger partial charge on any atom is 0.257 e. The molecule has 1 aliphatic rings. The van der Waals surface area contributed by atoms with E-state index in [-0.39, 0.29) is 18.1 Å². The number of hydrogen-bond donors (Lipinski definition) is 0. The molecule has 0 radical (unpaired) electrons. The predicted molar refractivity (Wildman–Crippen MR) is 87.9 cm³/mol. The first-order valence-electron chi connectivity index (χ1n) is 8.10. The van der Waals surface area contributed by atoms with Crippen molar-refractivity contribution in [1.82, 2.24) is 19.7 Å². The van der Waals surface area contributed by atoms with Gasteiger partial charge in [0.15, 0.2) is 0 Å². The van der Waals surface area contributed by atoms with Gasteiger partial charge in [0.2, 0.25) is 0 Å². The van der Waals surface area contributed by atoms with Crippen molar-refractivity contribution in [3.05, 3.63) is 42.5 Å². The minimum Gasteiger partial charge on any atom is -0.490 e. The summed E-state index contributed by atoms with van der Waals surface area (Å²) in [6, 6.07) is 3.64. The fourth-order valence-electron chi connectivity index (χ4n) is 2.89. The summed E-state index contributed by atoms with van der Waals surface area (Å²) >= 11 is 0. The number of carbonyl (C=O) groups is 1. The molecule has 0 aliphatic carbocycles. The summed E-state index contributed by atoms with van der Waals surface area (Å²) in [6.45, 7) is 3.71. The maximum atomic E-state index is 12.8. The molecule has 1 saturated heterocycles. The van der Waals surface area contributed by atoms with E-state index < -0.39 is 0 Å². The van der Waals surface area contributed by atoms with Crippen molar-refractivity contribution in [2.75, 3.05) is 20.3 Å². The normalized spacial score (nSPS) is 20.3. The van der Waals surface area contributed by atoms with Crippen molar-refractivity contribution in [2.24, 2.45) is 0 Å². The van der Waals surface area contributed by atoms with Crippen LogP contribution in [-0.4, -0.2) is 58.0 Å². The molecule has 7 nitrogen and oxygen atoms in total. The van der Waals surface area contributed by atoms with Gasteiger partial charge in [0, 0.05) is 32.6 Å². The van der Waals surface area contributed by atoms with Crippen molar-refractivity contribution >= 4 is 5.91 Å². The van der Waals surface area contributed by atoms with E-state index in [1.807, 2.05) is 24.0 Å². The topological polar surface area (TPSA) is 69.5 Å². The molecule has 2 aromatic heterocycles. The first-order chi connectivity index (χ1) is 11.7. The van der Waals surface area contributed by atoms with Crippen LogP contribution in [0.1, 0.15) is 23.7 Å². The molecule has 2 atom stereocenters. The molecule has 128 valence electrons. The third-order valence-electron chi connectivity index (χ3n) is 4.25. The highest BCUT2D eigenvalue weighted by Gasteiger charge is 2.36. The van der Waals surface area contributed by atoms with Gasteiger partial charge in [-0.2, -0.15) is 5.10 Å². The van der Waals surface area contributed by atoms with Crippen LogP contribution in [0.2, 0.25) is 0 Å². The van der Waals surface area contributed by atoms with E-state index in [0.29, 0.717) is 24.5 Å². The van der Waals surface area contributed by atoms with Crippen LogP contribution in [0.25, 0.3) is 0 Å². The second-order valence-corrected chi connectivity index (χ2v) is 5.79. The SMILES string of the molecule is CCn1cc(C(=O)N2C[C@H](OC)C[C@@H]2COc2cccnc2)cn1. The Kier molecular flexibility index (Phi) is 5.10. The molecule has 0 N–H and O–H groups in total. The quantitative estimate of drug-likeness (QED) is 0.805. The molecule has 24 heavy (non-hydrogen) atoms. The Balaban J connectivity index is 1.69. The third-order valence-corrected chi connectivity index (χ3v) is 4.25. The highest BCUT2D eigenvalue weighted by Crippen LogP contribution is 2.23. The van der Waals surface area contributed by atoms with E-state index in [1.54, 1.807) is 36.6 Å². The fourth-order valence-corrected chi connectivity index (χ4v) is 2.89. The molecule has 1 amide bonds. The summed E-state index contributed by atoms with van der Waals surface area (Å²) in [5.41, 5.74) is 0.597. The van der Waals surface area contributed by atoms with Gasteiger partial charge in [-0.25, -0.2) is 0 Å². The van der Waals surface area contributed by atoms with E-state index in [1.165, 1.54) is 0 Å². The van der Waals surface area contributed by atoms with E-state index in [4.69, 9.17) is 9.47 Å². The van der Waals surface area contributed by atoms with Gasteiger partial charge < -0.3 is 14.4 Å². The van der Waals surface area contributed by atoms with Crippen molar-refractivity contribution in [1.29, 1.82) is 0 Å².